The van der Waals surface area contributed by atoms with Gasteiger partial charge >= 0.3 is 0 Å². The van der Waals surface area contributed by atoms with Gasteiger partial charge in [0.05, 0.1) is 12.7 Å². The fourth-order valence-electron chi connectivity index (χ4n) is 2.32. The number of ether oxygens (including phenoxy) is 1. The van der Waals surface area contributed by atoms with Crippen molar-refractivity contribution in [3.05, 3.63) is 35.9 Å². The van der Waals surface area contributed by atoms with Crippen LogP contribution < -0.4 is 0 Å². The molecule has 1 aliphatic carbocycles. The molecule has 0 saturated heterocycles. The van der Waals surface area contributed by atoms with Crippen molar-refractivity contribution in [2.45, 2.75) is 44.6 Å². The molecule has 1 fully saturated rings. The van der Waals surface area contributed by atoms with Crippen molar-refractivity contribution in [2.24, 2.45) is 0 Å². The fraction of sp³-hybridized carbons (Fsp3) is 0.533. The smallest absolute Gasteiger partial charge is 0.165 e. The Morgan fingerprint density at radius 1 is 1.12 bits per heavy atom. The zero-order chi connectivity index (χ0) is 11.9. The molecule has 0 aromatic heterocycles. The van der Waals surface area contributed by atoms with E-state index in [1.165, 1.54) is 32.1 Å². The van der Waals surface area contributed by atoms with Crippen LogP contribution in [0.5, 0.6) is 0 Å². The lowest BCUT2D eigenvalue weighted by atomic mass is 9.98. The highest BCUT2D eigenvalue weighted by molar-refractivity contribution is 5.96. The number of ketones is 1. The van der Waals surface area contributed by atoms with Gasteiger partial charge in [-0.15, -0.1) is 0 Å². The van der Waals surface area contributed by atoms with Crippen molar-refractivity contribution in [2.75, 3.05) is 6.61 Å². The maximum Gasteiger partial charge on any atom is 0.165 e. The lowest BCUT2D eigenvalue weighted by molar-refractivity contribution is 0.0272. The molecule has 0 amide bonds. The number of hydrogen-bond donors (Lipinski definition) is 0. The molecule has 1 aliphatic rings. The lowest BCUT2D eigenvalue weighted by Gasteiger charge is -2.21. The van der Waals surface area contributed by atoms with Crippen LogP contribution in [0.25, 0.3) is 0 Å². The number of hydrogen-bond acceptors (Lipinski definition) is 2. The molecule has 0 radical (unpaired) electrons. The minimum Gasteiger partial charge on any atom is -0.378 e. The summed E-state index contributed by atoms with van der Waals surface area (Å²) in [5.41, 5.74) is 0.791. The summed E-state index contributed by atoms with van der Waals surface area (Å²) in [6.45, 7) is 0.568. The molecular formula is C15H20O2. The van der Waals surface area contributed by atoms with E-state index < -0.39 is 0 Å². The van der Waals surface area contributed by atoms with Crippen LogP contribution in [-0.4, -0.2) is 18.5 Å². The maximum absolute atomic E-state index is 11.8. The number of carbonyl (C=O) groups excluding carboxylic acids is 1. The van der Waals surface area contributed by atoms with Gasteiger partial charge in [-0.05, 0) is 12.8 Å². The van der Waals surface area contributed by atoms with Crippen molar-refractivity contribution in [1.82, 2.24) is 0 Å². The topological polar surface area (TPSA) is 26.3 Å². The van der Waals surface area contributed by atoms with E-state index in [0.29, 0.717) is 19.1 Å². The average molecular weight is 232 g/mol. The minimum atomic E-state index is 0.182. The second kappa shape index (κ2) is 6.55. The average Bonchev–Trinajstić information content (AvgIpc) is 2.41. The Bertz CT molecular complexity index is 339. The molecule has 17 heavy (non-hydrogen) atoms. The number of carbonyl (C=O) groups is 1. The van der Waals surface area contributed by atoms with Crippen LogP contribution >= 0.6 is 0 Å². The van der Waals surface area contributed by atoms with Gasteiger partial charge < -0.3 is 4.74 Å². The number of Topliss-reactive ketones (excluding diaryl/α,β-unsaturated/α-hetero) is 1. The predicted octanol–water partition coefficient (Wildman–Crippen LogP) is 3.61. The van der Waals surface area contributed by atoms with E-state index >= 15 is 0 Å². The first-order valence-electron chi connectivity index (χ1n) is 6.56. The molecule has 92 valence electrons. The van der Waals surface area contributed by atoms with E-state index in [9.17, 15) is 4.79 Å². The molecule has 0 bridgehead atoms. The van der Waals surface area contributed by atoms with E-state index in [1.807, 2.05) is 30.3 Å². The lowest BCUT2D eigenvalue weighted by Crippen LogP contribution is -2.18. The van der Waals surface area contributed by atoms with Gasteiger partial charge in [-0.1, -0.05) is 49.6 Å². The van der Waals surface area contributed by atoms with Crippen molar-refractivity contribution < 1.29 is 9.53 Å². The monoisotopic (exact) mass is 232 g/mol. The maximum atomic E-state index is 11.8. The Kier molecular flexibility index (Phi) is 4.75. The Morgan fingerprint density at radius 2 is 1.82 bits per heavy atom. The van der Waals surface area contributed by atoms with Crippen LogP contribution in [0.15, 0.2) is 30.3 Å². The minimum absolute atomic E-state index is 0.182. The van der Waals surface area contributed by atoms with Gasteiger partial charge in [0, 0.05) is 12.0 Å². The summed E-state index contributed by atoms with van der Waals surface area (Å²) in [6, 6.07) is 9.45. The van der Waals surface area contributed by atoms with E-state index in [-0.39, 0.29) is 5.78 Å². The second-order valence-electron chi connectivity index (χ2n) is 4.67. The van der Waals surface area contributed by atoms with E-state index in [4.69, 9.17) is 4.74 Å². The van der Waals surface area contributed by atoms with Gasteiger partial charge in [-0.2, -0.15) is 0 Å². The Morgan fingerprint density at radius 3 is 2.53 bits per heavy atom. The third kappa shape index (κ3) is 3.97. The fourth-order valence-corrected chi connectivity index (χ4v) is 2.32. The molecule has 2 nitrogen and oxygen atoms in total. The van der Waals surface area contributed by atoms with E-state index in [0.717, 1.165) is 5.56 Å². The van der Waals surface area contributed by atoms with Gasteiger partial charge in [0.25, 0.3) is 0 Å². The first-order valence-corrected chi connectivity index (χ1v) is 6.56. The Balaban J connectivity index is 1.69. The van der Waals surface area contributed by atoms with Gasteiger partial charge in [-0.3, -0.25) is 4.79 Å². The molecule has 2 heteroatoms. The highest BCUT2D eigenvalue weighted by Gasteiger charge is 2.14. The van der Waals surface area contributed by atoms with Crippen LogP contribution in [0.3, 0.4) is 0 Å². The number of benzene rings is 1. The summed E-state index contributed by atoms with van der Waals surface area (Å²) in [6.07, 6.45) is 7.11. The van der Waals surface area contributed by atoms with E-state index in [1.54, 1.807) is 0 Å². The van der Waals surface area contributed by atoms with Gasteiger partial charge in [-0.25, -0.2) is 0 Å². The second-order valence-corrected chi connectivity index (χ2v) is 4.67. The molecule has 0 heterocycles. The van der Waals surface area contributed by atoms with Crippen molar-refractivity contribution in [3.63, 3.8) is 0 Å². The third-order valence-corrected chi connectivity index (χ3v) is 3.33. The summed E-state index contributed by atoms with van der Waals surface area (Å²) in [5, 5.41) is 0. The SMILES string of the molecule is O=C(CCOC1CCCCC1)c1ccccc1. The van der Waals surface area contributed by atoms with Crippen LogP contribution in [0.4, 0.5) is 0 Å². The Hall–Kier alpha value is -1.15. The van der Waals surface area contributed by atoms with E-state index in [2.05, 4.69) is 0 Å². The van der Waals surface area contributed by atoms with Crippen LogP contribution in [0.1, 0.15) is 48.9 Å². The van der Waals surface area contributed by atoms with Crippen molar-refractivity contribution in [3.8, 4) is 0 Å². The molecule has 1 saturated carbocycles. The predicted molar refractivity (Wildman–Crippen MR) is 68.2 cm³/mol. The van der Waals surface area contributed by atoms with Gasteiger partial charge in [0.15, 0.2) is 5.78 Å². The summed E-state index contributed by atoms with van der Waals surface area (Å²) < 4.78 is 5.75. The van der Waals surface area contributed by atoms with Crippen molar-refractivity contribution in [1.29, 1.82) is 0 Å². The summed E-state index contributed by atoms with van der Waals surface area (Å²) in [7, 11) is 0. The molecule has 0 aliphatic heterocycles. The first kappa shape index (κ1) is 12.3. The molecule has 1 aromatic carbocycles. The van der Waals surface area contributed by atoms with Crippen LogP contribution in [0.2, 0.25) is 0 Å². The molecule has 1 aromatic rings. The molecule has 0 atom stereocenters. The van der Waals surface area contributed by atoms with Crippen LogP contribution in [0, 0.1) is 0 Å². The normalized spacial score (nSPS) is 16.9. The molecule has 0 spiro atoms. The highest BCUT2D eigenvalue weighted by Crippen LogP contribution is 2.20. The van der Waals surface area contributed by atoms with Crippen LogP contribution in [-0.2, 0) is 4.74 Å². The first-order chi connectivity index (χ1) is 8.36. The van der Waals surface area contributed by atoms with Gasteiger partial charge in [0.1, 0.15) is 0 Å². The molecular weight excluding hydrogens is 212 g/mol. The quantitative estimate of drug-likeness (QED) is 0.725. The highest BCUT2D eigenvalue weighted by atomic mass is 16.5. The zero-order valence-electron chi connectivity index (χ0n) is 10.2. The summed E-state index contributed by atoms with van der Waals surface area (Å²) >= 11 is 0. The number of rotatable bonds is 5. The molecule has 0 unspecified atom stereocenters. The Labute approximate surface area is 103 Å². The largest absolute Gasteiger partial charge is 0.378 e. The summed E-state index contributed by atoms with van der Waals surface area (Å²) in [4.78, 5) is 11.8. The van der Waals surface area contributed by atoms with Gasteiger partial charge in [0.2, 0.25) is 0 Å². The molecule has 2 rings (SSSR count). The zero-order valence-corrected chi connectivity index (χ0v) is 10.2. The molecule has 0 N–H and O–H groups in total. The summed E-state index contributed by atoms with van der Waals surface area (Å²) in [5.74, 6) is 0.182. The standard InChI is InChI=1S/C15H20O2/c16-15(13-7-3-1-4-8-13)11-12-17-14-9-5-2-6-10-14/h1,3-4,7-8,14H,2,5-6,9-12H2. The van der Waals surface area contributed by atoms with Crippen molar-refractivity contribution >= 4 is 5.78 Å². The third-order valence-electron chi connectivity index (χ3n) is 3.33.